The Balaban J connectivity index is 1.77. The Morgan fingerprint density at radius 1 is 0.268 bits per heavy atom. The molecule has 0 amide bonds. The van der Waals surface area contributed by atoms with Crippen molar-refractivity contribution in [2.75, 3.05) is 13.2 Å². The van der Waals surface area contributed by atoms with Gasteiger partial charge in [-0.3, -0.25) is 0 Å². The zero-order chi connectivity index (χ0) is 39.9. The van der Waals surface area contributed by atoms with E-state index in [0.717, 1.165) is 37.6 Å². The third-order valence-electron chi connectivity index (χ3n) is 12.3. The van der Waals surface area contributed by atoms with E-state index in [1.165, 1.54) is 270 Å². The largest absolute Gasteiger partial charge is 0.493 e. The molecule has 0 saturated heterocycles. The van der Waals surface area contributed by atoms with Crippen LogP contribution in [0.3, 0.4) is 0 Å². The first-order chi connectivity index (χ1) is 27.9. The molecule has 1 radical (unpaired) electrons. The van der Waals surface area contributed by atoms with Gasteiger partial charge in [0.15, 0.2) is 0 Å². The van der Waals surface area contributed by atoms with E-state index in [9.17, 15) is 0 Å². The molecule has 1 aromatic rings. The fourth-order valence-corrected chi connectivity index (χ4v) is 8.40. The molecule has 329 valence electrons. The van der Waals surface area contributed by atoms with Gasteiger partial charge in [-0.15, -0.1) is 0 Å². The van der Waals surface area contributed by atoms with E-state index in [1.54, 1.807) is 0 Å². The highest BCUT2D eigenvalue weighted by molar-refractivity contribution is 5.32. The summed E-state index contributed by atoms with van der Waals surface area (Å²) in [6, 6.07) is 9.16. The molecule has 0 aromatic heterocycles. The van der Waals surface area contributed by atoms with E-state index in [4.69, 9.17) is 9.47 Å². The fourth-order valence-electron chi connectivity index (χ4n) is 8.40. The molecule has 0 heterocycles. The number of rotatable bonds is 48. The van der Waals surface area contributed by atoms with Crippen LogP contribution in [0.15, 0.2) is 18.2 Å². The predicted molar refractivity (Wildman–Crippen MR) is 251 cm³/mol. The lowest BCUT2D eigenvalue weighted by Crippen LogP contribution is -2.00. The smallest absolute Gasteiger partial charge is 0.123 e. The van der Waals surface area contributed by atoms with Crippen LogP contribution < -0.4 is 9.47 Å². The van der Waals surface area contributed by atoms with Gasteiger partial charge in [-0.2, -0.15) is 0 Å². The van der Waals surface area contributed by atoms with Crippen molar-refractivity contribution in [3.63, 3.8) is 0 Å². The third kappa shape index (κ3) is 41.0. The van der Waals surface area contributed by atoms with Crippen LogP contribution in [0, 0.1) is 6.07 Å². The summed E-state index contributed by atoms with van der Waals surface area (Å²) in [5.74, 6) is 1.81. The average Bonchev–Trinajstić information content (AvgIpc) is 3.21. The van der Waals surface area contributed by atoms with Gasteiger partial charge in [0.2, 0.25) is 0 Å². The van der Waals surface area contributed by atoms with Crippen LogP contribution in [0.4, 0.5) is 0 Å². The SMILES string of the molecule is CCCCCCCCCCCCCCCCCCCCCCCCOc1c[c]cc(OCCCCCCCCCCCCCCCCCCCCCCCC)c1. The molecular weight excluding hydrogens is 681 g/mol. The van der Waals surface area contributed by atoms with Crippen molar-refractivity contribution in [2.24, 2.45) is 0 Å². The van der Waals surface area contributed by atoms with Crippen LogP contribution in [-0.4, -0.2) is 13.2 Å². The highest BCUT2D eigenvalue weighted by atomic mass is 16.5. The van der Waals surface area contributed by atoms with Crippen molar-refractivity contribution >= 4 is 0 Å². The van der Waals surface area contributed by atoms with Gasteiger partial charge in [-0.25, -0.2) is 0 Å². The molecule has 0 unspecified atom stereocenters. The lowest BCUT2D eigenvalue weighted by molar-refractivity contribution is 0.289. The molecule has 0 N–H and O–H groups in total. The molecule has 0 saturated carbocycles. The minimum atomic E-state index is 0.801. The van der Waals surface area contributed by atoms with Crippen LogP contribution in [0.5, 0.6) is 11.5 Å². The zero-order valence-corrected chi connectivity index (χ0v) is 38.6. The van der Waals surface area contributed by atoms with E-state index in [2.05, 4.69) is 19.9 Å². The number of hydrogen-bond acceptors (Lipinski definition) is 2. The molecule has 0 aliphatic rings. The highest BCUT2D eigenvalue weighted by Crippen LogP contribution is 2.21. The van der Waals surface area contributed by atoms with E-state index >= 15 is 0 Å². The van der Waals surface area contributed by atoms with Crippen LogP contribution >= 0.6 is 0 Å². The molecule has 56 heavy (non-hydrogen) atoms. The Morgan fingerprint density at radius 2 is 0.446 bits per heavy atom. The summed E-state index contributed by atoms with van der Waals surface area (Å²) in [6.07, 6.45) is 62.6. The van der Waals surface area contributed by atoms with Crippen molar-refractivity contribution in [2.45, 2.75) is 296 Å². The summed E-state index contributed by atoms with van der Waals surface area (Å²) in [7, 11) is 0. The first-order valence-electron chi connectivity index (χ1n) is 26.1. The van der Waals surface area contributed by atoms with Crippen LogP contribution in [-0.2, 0) is 0 Å². The second-order valence-corrected chi connectivity index (χ2v) is 18.0. The van der Waals surface area contributed by atoms with Crippen molar-refractivity contribution in [3.05, 3.63) is 24.3 Å². The Hall–Kier alpha value is -1.18. The average molecular weight is 782 g/mol. The van der Waals surface area contributed by atoms with Gasteiger partial charge in [-0.05, 0) is 31.0 Å². The van der Waals surface area contributed by atoms with Gasteiger partial charge < -0.3 is 9.47 Å². The van der Waals surface area contributed by atoms with E-state index in [1.807, 2.05) is 18.2 Å². The molecule has 0 atom stereocenters. The highest BCUT2D eigenvalue weighted by Gasteiger charge is 2.01. The molecule has 0 fully saturated rings. The summed E-state index contributed by atoms with van der Waals surface area (Å²) < 4.78 is 12.1. The van der Waals surface area contributed by atoms with Gasteiger partial charge in [0.25, 0.3) is 0 Å². The Labute approximate surface area is 353 Å². The summed E-state index contributed by atoms with van der Waals surface area (Å²) in [4.78, 5) is 0. The maximum absolute atomic E-state index is 6.03. The Bertz CT molecular complexity index is 785. The Morgan fingerprint density at radius 3 is 0.643 bits per heavy atom. The van der Waals surface area contributed by atoms with Crippen LogP contribution in [0.25, 0.3) is 0 Å². The second kappa shape index (κ2) is 46.5. The normalized spacial score (nSPS) is 11.5. The van der Waals surface area contributed by atoms with Gasteiger partial charge in [0, 0.05) is 6.07 Å². The topological polar surface area (TPSA) is 18.5 Å². The quantitative estimate of drug-likeness (QED) is 0.0613. The molecule has 1 aromatic carbocycles. The predicted octanol–water partition coefficient (Wildman–Crippen LogP) is 19.4. The molecule has 2 heteroatoms. The summed E-state index contributed by atoms with van der Waals surface area (Å²) >= 11 is 0. The number of hydrogen-bond donors (Lipinski definition) is 0. The lowest BCUT2D eigenvalue weighted by Gasteiger charge is -2.10. The number of benzene rings is 1. The minimum absolute atomic E-state index is 0.801. The molecule has 0 aliphatic carbocycles. The number of ether oxygens (including phenoxy) is 2. The molecule has 2 nitrogen and oxygen atoms in total. The molecular formula is C54H101O2. The van der Waals surface area contributed by atoms with Crippen molar-refractivity contribution in [1.29, 1.82) is 0 Å². The van der Waals surface area contributed by atoms with Crippen molar-refractivity contribution < 1.29 is 9.47 Å². The second-order valence-electron chi connectivity index (χ2n) is 18.0. The van der Waals surface area contributed by atoms with Gasteiger partial charge in [-0.1, -0.05) is 284 Å². The summed E-state index contributed by atoms with van der Waals surface area (Å²) in [5, 5.41) is 0. The van der Waals surface area contributed by atoms with E-state index in [0.29, 0.717) is 0 Å². The maximum atomic E-state index is 6.03. The van der Waals surface area contributed by atoms with Crippen LogP contribution in [0.1, 0.15) is 296 Å². The summed E-state index contributed by atoms with van der Waals surface area (Å²) in [5.41, 5.74) is 0. The molecule has 0 spiro atoms. The fraction of sp³-hybridized carbons (Fsp3) is 0.889. The van der Waals surface area contributed by atoms with Crippen LogP contribution in [0.2, 0.25) is 0 Å². The van der Waals surface area contributed by atoms with E-state index < -0.39 is 0 Å². The summed E-state index contributed by atoms with van der Waals surface area (Å²) in [6.45, 7) is 6.21. The van der Waals surface area contributed by atoms with E-state index in [-0.39, 0.29) is 0 Å². The van der Waals surface area contributed by atoms with Crippen molar-refractivity contribution in [3.8, 4) is 11.5 Å². The van der Waals surface area contributed by atoms with Gasteiger partial charge >= 0.3 is 0 Å². The molecule has 1 rings (SSSR count). The standard InChI is InChI=1S/C54H101O2/c1-3-5-7-9-11-13-15-17-19-21-23-25-27-29-31-33-35-37-39-41-43-45-50-55-53-48-47-49-54(52-53)56-51-46-44-42-40-38-36-34-32-30-28-26-24-22-20-18-16-14-12-10-8-6-4-2/h48-49,52H,3-46,50-51H2,1-2H3. The minimum Gasteiger partial charge on any atom is -0.493 e. The zero-order valence-electron chi connectivity index (χ0n) is 38.6. The first kappa shape index (κ1) is 52.8. The Kier molecular flexibility index (Phi) is 43.9. The first-order valence-corrected chi connectivity index (χ1v) is 26.1. The van der Waals surface area contributed by atoms with Gasteiger partial charge in [0.1, 0.15) is 11.5 Å². The van der Waals surface area contributed by atoms with Crippen molar-refractivity contribution in [1.82, 2.24) is 0 Å². The van der Waals surface area contributed by atoms with Gasteiger partial charge in [0.05, 0.1) is 13.2 Å². The third-order valence-corrected chi connectivity index (χ3v) is 12.3. The lowest BCUT2D eigenvalue weighted by atomic mass is 10.0. The number of unbranched alkanes of at least 4 members (excludes halogenated alkanes) is 42. The monoisotopic (exact) mass is 782 g/mol. The molecule has 0 aliphatic heterocycles. The maximum Gasteiger partial charge on any atom is 0.123 e. The molecule has 0 bridgehead atoms.